The van der Waals surface area contributed by atoms with Gasteiger partial charge in [-0.1, -0.05) is 19.1 Å². The topological polar surface area (TPSA) is 71.2 Å². The first kappa shape index (κ1) is 15.5. The Balaban J connectivity index is 2.61. The Morgan fingerprint density at radius 2 is 2.32 bits per heavy atom. The molecule has 0 aromatic carbocycles. The van der Waals surface area contributed by atoms with Gasteiger partial charge < -0.3 is 16.0 Å². The van der Waals surface area contributed by atoms with Crippen molar-refractivity contribution in [1.29, 1.82) is 0 Å². The molecule has 1 rings (SSSR count). The molecule has 3 N–H and O–H groups in total. The molecule has 0 radical (unpaired) electrons. The van der Waals surface area contributed by atoms with Gasteiger partial charge in [0.1, 0.15) is 4.99 Å². The lowest BCUT2D eigenvalue weighted by Gasteiger charge is -2.20. The van der Waals surface area contributed by atoms with E-state index in [-0.39, 0.29) is 11.8 Å². The molecule has 6 heteroatoms. The van der Waals surface area contributed by atoms with Crippen molar-refractivity contribution in [2.45, 2.75) is 13.5 Å². The Morgan fingerprint density at radius 1 is 1.63 bits per heavy atom. The summed E-state index contributed by atoms with van der Waals surface area (Å²) in [5.74, 6) is -0.00250. The van der Waals surface area contributed by atoms with Gasteiger partial charge in [0.15, 0.2) is 0 Å². The Morgan fingerprint density at radius 3 is 2.89 bits per heavy atom. The van der Waals surface area contributed by atoms with Gasteiger partial charge in [-0.25, -0.2) is 0 Å². The number of pyridine rings is 1. The van der Waals surface area contributed by atoms with Crippen LogP contribution in [0.2, 0.25) is 0 Å². The van der Waals surface area contributed by atoms with Gasteiger partial charge in [0.05, 0.1) is 5.69 Å². The number of rotatable bonds is 6. The molecule has 0 aliphatic carbocycles. The summed E-state index contributed by atoms with van der Waals surface area (Å²) in [5, 5.41) is 2.65. The maximum atomic E-state index is 11.5. The minimum Gasteiger partial charge on any atom is -0.388 e. The zero-order valence-electron chi connectivity index (χ0n) is 11.5. The van der Waals surface area contributed by atoms with Crippen LogP contribution in [0.1, 0.15) is 18.2 Å². The minimum absolute atomic E-state index is 0.0467. The third-order valence-corrected chi connectivity index (χ3v) is 3.02. The summed E-state index contributed by atoms with van der Waals surface area (Å²) >= 11 is 4.90. The lowest BCUT2D eigenvalue weighted by Crippen LogP contribution is -2.34. The quantitative estimate of drug-likeness (QED) is 0.744. The number of thiocarbonyl (C=S) groups is 1. The van der Waals surface area contributed by atoms with Crippen molar-refractivity contribution in [3.05, 3.63) is 29.6 Å². The van der Waals surface area contributed by atoms with E-state index in [9.17, 15) is 4.79 Å². The molecule has 1 amide bonds. The smallest absolute Gasteiger partial charge is 0.223 e. The maximum absolute atomic E-state index is 11.5. The monoisotopic (exact) mass is 280 g/mol. The van der Waals surface area contributed by atoms with Crippen LogP contribution in [0.15, 0.2) is 18.3 Å². The predicted molar refractivity (Wildman–Crippen MR) is 79.7 cm³/mol. The van der Waals surface area contributed by atoms with Crippen molar-refractivity contribution < 1.29 is 4.79 Å². The summed E-state index contributed by atoms with van der Waals surface area (Å²) in [6.45, 7) is 3.31. The summed E-state index contributed by atoms with van der Waals surface area (Å²) in [4.78, 5) is 17.9. The zero-order chi connectivity index (χ0) is 14.4. The highest BCUT2D eigenvalue weighted by Crippen LogP contribution is 2.07. The Hall–Kier alpha value is -1.53. The van der Waals surface area contributed by atoms with Crippen molar-refractivity contribution in [2.24, 2.45) is 11.7 Å². The van der Waals surface area contributed by atoms with Gasteiger partial charge in [-0.05, 0) is 24.7 Å². The van der Waals surface area contributed by atoms with Gasteiger partial charge in [-0.2, -0.15) is 0 Å². The van der Waals surface area contributed by atoms with Crippen LogP contribution in [0.5, 0.6) is 0 Å². The molecule has 1 heterocycles. The van der Waals surface area contributed by atoms with E-state index in [2.05, 4.69) is 15.2 Å². The molecular formula is C13H20N4OS. The normalized spacial score (nSPS) is 12.2. The van der Waals surface area contributed by atoms with E-state index in [1.807, 2.05) is 26.1 Å². The molecule has 0 aliphatic rings. The average molecular weight is 280 g/mol. The van der Waals surface area contributed by atoms with Gasteiger partial charge in [-0.15, -0.1) is 0 Å². The lowest BCUT2D eigenvalue weighted by atomic mass is 10.1. The van der Waals surface area contributed by atoms with Crippen LogP contribution in [0, 0.1) is 5.92 Å². The molecule has 0 bridgehead atoms. The molecule has 0 aliphatic heterocycles. The molecule has 1 unspecified atom stereocenters. The van der Waals surface area contributed by atoms with Crippen LogP contribution in [0.3, 0.4) is 0 Å². The second-order valence-electron chi connectivity index (χ2n) is 4.63. The highest BCUT2D eigenvalue weighted by Gasteiger charge is 2.13. The van der Waals surface area contributed by atoms with Crippen molar-refractivity contribution in [3.8, 4) is 0 Å². The molecule has 1 aromatic rings. The molecule has 1 atom stereocenters. The first-order valence-corrected chi connectivity index (χ1v) is 6.49. The number of aromatic nitrogens is 1. The van der Waals surface area contributed by atoms with E-state index in [4.69, 9.17) is 18.0 Å². The Labute approximate surface area is 119 Å². The third kappa shape index (κ3) is 4.92. The van der Waals surface area contributed by atoms with Gasteiger partial charge in [0.2, 0.25) is 5.91 Å². The van der Waals surface area contributed by atoms with Crippen molar-refractivity contribution in [1.82, 2.24) is 15.2 Å². The number of hydrogen-bond donors (Lipinski definition) is 2. The molecule has 104 valence electrons. The molecule has 0 fully saturated rings. The summed E-state index contributed by atoms with van der Waals surface area (Å²) in [6, 6.07) is 3.80. The largest absolute Gasteiger partial charge is 0.388 e. The SMILES string of the molecule is CNC(=O)C(C)CN(C)Cc1ccnc(C(N)=S)c1. The van der Waals surface area contributed by atoms with Crippen LogP contribution in [-0.2, 0) is 11.3 Å². The summed E-state index contributed by atoms with van der Waals surface area (Å²) in [7, 11) is 3.62. The highest BCUT2D eigenvalue weighted by atomic mass is 32.1. The molecule has 19 heavy (non-hydrogen) atoms. The summed E-state index contributed by atoms with van der Waals surface area (Å²) in [6.07, 6.45) is 1.69. The molecule has 0 spiro atoms. The van der Waals surface area contributed by atoms with Gasteiger partial charge >= 0.3 is 0 Å². The first-order chi connectivity index (χ1) is 8.93. The van der Waals surface area contributed by atoms with Crippen molar-refractivity contribution in [3.63, 3.8) is 0 Å². The third-order valence-electron chi connectivity index (χ3n) is 2.81. The number of hydrogen-bond acceptors (Lipinski definition) is 4. The maximum Gasteiger partial charge on any atom is 0.223 e. The molecular weight excluding hydrogens is 260 g/mol. The van der Waals surface area contributed by atoms with Crippen molar-refractivity contribution >= 4 is 23.1 Å². The fraction of sp³-hybridized carbons (Fsp3) is 0.462. The Kier molecular flexibility index (Phi) is 5.85. The standard InChI is InChI=1S/C13H20N4OS/c1-9(13(18)15-2)7-17(3)8-10-4-5-16-11(6-10)12(14)19/h4-6,9H,7-8H2,1-3H3,(H2,14,19)(H,15,18). The van der Waals surface area contributed by atoms with E-state index in [1.165, 1.54) is 0 Å². The van der Waals surface area contributed by atoms with Gasteiger partial charge in [-0.3, -0.25) is 9.78 Å². The highest BCUT2D eigenvalue weighted by molar-refractivity contribution is 7.80. The zero-order valence-corrected chi connectivity index (χ0v) is 12.3. The number of nitrogens with one attached hydrogen (secondary N) is 1. The van der Waals surface area contributed by atoms with Crippen molar-refractivity contribution in [2.75, 3.05) is 20.6 Å². The fourth-order valence-electron chi connectivity index (χ4n) is 1.88. The number of nitrogens with two attached hydrogens (primary N) is 1. The van der Waals surface area contributed by atoms with Gasteiger partial charge in [0, 0.05) is 32.3 Å². The van der Waals surface area contributed by atoms with E-state index < -0.39 is 0 Å². The molecule has 1 aromatic heterocycles. The number of carbonyl (C=O) groups is 1. The van der Waals surface area contributed by atoms with Crippen LogP contribution < -0.4 is 11.1 Å². The second kappa shape index (κ2) is 7.16. The number of amides is 1. The molecule has 5 nitrogen and oxygen atoms in total. The summed E-state index contributed by atoms with van der Waals surface area (Å²) < 4.78 is 0. The first-order valence-electron chi connectivity index (χ1n) is 6.09. The van der Waals surface area contributed by atoms with Crippen LogP contribution in [-0.4, -0.2) is 41.4 Å². The number of carbonyl (C=O) groups excluding carboxylic acids is 1. The molecule has 0 saturated heterocycles. The lowest BCUT2D eigenvalue weighted by molar-refractivity contribution is -0.124. The molecule has 0 saturated carbocycles. The van der Waals surface area contributed by atoms with E-state index >= 15 is 0 Å². The fourth-order valence-corrected chi connectivity index (χ4v) is 1.99. The van der Waals surface area contributed by atoms with E-state index in [0.29, 0.717) is 17.2 Å². The van der Waals surface area contributed by atoms with E-state index in [0.717, 1.165) is 12.1 Å². The van der Waals surface area contributed by atoms with E-state index in [1.54, 1.807) is 13.2 Å². The van der Waals surface area contributed by atoms with Crippen LogP contribution in [0.25, 0.3) is 0 Å². The van der Waals surface area contributed by atoms with Crippen LogP contribution in [0.4, 0.5) is 0 Å². The second-order valence-corrected chi connectivity index (χ2v) is 5.07. The average Bonchev–Trinajstić information content (AvgIpc) is 2.37. The van der Waals surface area contributed by atoms with Crippen LogP contribution >= 0.6 is 12.2 Å². The minimum atomic E-state index is -0.0492. The van der Waals surface area contributed by atoms with Gasteiger partial charge in [0.25, 0.3) is 0 Å². The number of nitrogens with zero attached hydrogens (tertiary/aromatic N) is 2. The Bertz CT molecular complexity index is 464. The summed E-state index contributed by atoms with van der Waals surface area (Å²) in [5.41, 5.74) is 7.25. The predicted octanol–water partition coefficient (Wildman–Crippen LogP) is 0.530.